The Labute approximate surface area is 88.8 Å². The van der Waals surface area contributed by atoms with Crippen molar-refractivity contribution in [1.82, 2.24) is 0 Å². The Bertz CT molecular complexity index is 311. The summed E-state index contributed by atoms with van der Waals surface area (Å²) in [4.78, 5) is 22.9. The van der Waals surface area contributed by atoms with E-state index >= 15 is 0 Å². The van der Waals surface area contributed by atoms with E-state index < -0.39 is 11.5 Å². The number of allylic oxidation sites excluding steroid dienone is 1. The number of carbonyl (C=O) groups excluding carboxylic acids is 2. The zero-order valence-corrected chi connectivity index (χ0v) is 8.49. The normalized spacial score (nSPS) is 26.5. The van der Waals surface area contributed by atoms with Crippen molar-refractivity contribution in [2.45, 2.75) is 18.4 Å². The summed E-state index contributed by atoms with van der Waals surface area (Å²) in [6, 6.07) is 0. The van der Waals surface area contributed by atoms with Gasteiger partial charge in [0.15, 0.2) is 11.4 Å². The van der Waals surface area contributed by atoms with Gasteiger partial charge in [-0.15, -0.1) is 13.2 Å². The molecule has 1 radical (unpaired) electrons. The van der Waals surface area contributed by atoms with Gasteiger partial charge in [0.1, 0.15) is 6.61 Å². The van der Waals surface area contributed by atoms with Crippen molar-refractivity contribution in [2.75, 3.05) is 6.61 Å². The molecular weight excluding hydrogens is 194 g/mol. The van der Waals surface area contributed by atoms with Gasteiger partial charge < -0.3 is 10.5 Å². The Morgan fingerprint density at radius 3 is 2.67 bits per heavy atom. The van der Waals surface area contributed by atoms with Crippen LogP contribution in [0.3, 0.4) is 0 Å². The number of ether oxygens (including phenoxy) is 1. The van der Waals surface area contributed by atoms with Crippen molar-refractivity contribution in [3.8, 4) is 0 Å². The highest BCUT2D eigenvalue weighted by molar-refractivity contribution is 6.05. The molecule has 1 aliphatic heterocycles. The van der Waals surface area contributed by atoms with Gasteiger partial charge in [0, 0.05) is 6.42 Å². The molecule has 15 heavy (non-hydrogen) atoms. The molecule has 1 unspecified atom stereocenters. The Hall–Kier alpha value is -1.42. The van der Waals surface area contributed by atoms with Gasteiger partial charge >= 0.3 is 0 Å². The standard InChI is InChI=1S/C11H14NO3/c1-3-5-8-9(13)7-15-11(8,6-4-2)10(12)14/h3-4H,1-2,5-7H2,(H2,12,14). The van der Waals surface area contributed by atoms with Gasteiger partial charge in [0.2, 0.25) is 0 Å². The van der Waals surface area contributed by atoms with Crippen LogP contribution in [0, 0.1) is 5.92 Å². The molecule has 1 fully saturated rings. The lowest BCUT2D eigenvalue weighted by Gasteiger charge is -2.27. The minimum Gasteiger partial charge on any atom is -0.367 e. The van der Waals surface area contributed by atoms with Gasteiger partial charge in [-0.1, -0.05) is 12.2 Å². The molecule has 0 bridgehead atoms. The molecule has 0 aromatic heterocycles. The van der Waals surface area contributed by atoms with E-state index in [1.807, 2.05) is 0 Å². The Kier molecular flexibility index (Phi) is 3.42. The number of Topliss-reactive ketones (excluding diaryl/α,β-unsaturated/α-hetero) is 1. The Morgan fingerprint density at radius 1 is 1.53 bits per heavy atom. The lowest BCUT2D eigenvalue weighted by molar-refractivity contribution is -0.136. The molecule has 0 saturated carbocycles. The number of ketones is 1. The topological polar surface area (TPSA) is 69.4 Å². The zero-order chi connectivity index (χ0) is 11.5. The average molecular weight is 208 g/mol. The fourth-order valence-corrected chi connectivity index (χ4v) is 1.72. The summed E-state index contributed by atoms with van der Waals surface area (Å²) >= 11 is 0. The molecule has 1 heterocycles. The second kappa shape index (κ2) is 4.40. The number of carbonyl (C=O) groups is 2. The Balaban J connectivity index is 3.04. The lowest BCUT2D eigenvalue weighted by atomic mass is 9.81. The summed E-state index contributed by atoms with van der Waals surface area (Å²) in [5.74, 6) is -0.453. The number of nitrogens with two attached hydrogens (primary N) is 1. The number of hydrogen-bond acceptors (Lipinski definition) is 3. The summed E-state index contributed by atoms with van der Waals surface area (Å²) in [7, 11) is 0. The van der Waals surface area contributed by atoms with E-state index in [0.29, 0.717) is 12.3 Å². The molecule has 1 saturated heterocycles. The monoisotopic (exact) mass is 208 g/mol. The van der Waals surface area contributed by atoms with Gasteiger partial charge in [0.05, 0.1) is 5.92 Å². The second-order valence-electron chi connectivity index (χ2n) is 3.37. The summed E-state index contributed by atoms with van der Waals surface area (Å²) in [6.07, 6.45) is 3.61. The minimum atomic E-state index is -1.30. The van der Waals surface area contributed by atoms with Gasteiger partial charge in [-0.05, 0) is 6.42 Å². The van der Waals surface area contributed by atoms with E-state index in [4.69, 9.17) is 10.5 Å². The first kappa shape index (κ1) is 11.7. The molecule has 0 aromatic carbocycles. The summed E-state index contributed by atoms with van der Waals surface area (Å²) in [5, 5.41) is 0. The lowest BCUT2D eigenvalue weighted by Crippen LogP contribution is -2.48. The molecule has 2 N–H and O–H groups in total. The maximum Gasteiger partial charge on any atom is 0.251 e. The number of hydrogen-bond donors (Lipinski definition) is 1. The van der Waals surface area contributed by atoms with Crippen LogP contribution < -0.4 is 5.73 Å². The van der Waals surface area contributed by atoms with Crippen molar-refractivity contribution in [2.24, 2.45) is 5.73 Å². The fraction of sp³-hybridized carbons (Fsp3) is 0.364. The van der Waals surface area contributed by atoms with E-state index in [9.17, 15) is 9.59 Å². The fourth-order valence-electron chi connectivity index (χ4n) is 1.72. The summed E-state index contributed by atoms with van der Waals surface area (Å²) in [6.45, 7) is 6.97. The zero-order valence-electron chi connectivity index (χ0n) is 8.49. The van der Waals surface area contributed by atoms with Gasteiger partial charge in [-0.3, -0.25) is 9.59 Å². The first-order valence-electron chi connectivity index (χ1n) is 4.63. The predicted molar refractivity (Wildman–Crippen MR) is 55.8 cm³/mol. The smallest absolute Gasteiger partial charge is 0.251 e. The van der Waals surface area contributed by atoms with Crippen molar-refractivity contribution in [1.29, 1.82) is 0 Å². The maximum atomic E-state index is 11.5. The van der Waals surface area contributed by atoms with E-state index in [0.717, 1.165) is 0 Å². The highest BCUT2D eigenvalue weighted by atomic mass is 16.5. The SMILES string of the molecule is C=CC[C]1C(=O)COC1(CC=C)C(N)=O. The van der Waals surface area contributed by atoms with Crippen LogP contribution in [0.5, 0.6) is 0 Å². The van der Waals surface area contributed by atoms with Crippen molar-refractivity contribution in [3.63, 3.8) is 0 Å². The van der Waals surface area contributed by atoms with Gasteiger partial charge in [-0.2, -0.15) is 0 Å². The molecule has 1 rings (SSSR count). The van der Waals surface area contributed by atoms with Crippen LogP contribution in [0.15, 0.2) is 25.3 Å². The highest BCUT2D eigenvalue weighted by Crippen LogP contribution is 2.37. The van der Waals surface area contributed by atoms with Crippen LogP contribution in [0.4, 0.5) is 0 Å². The molecule has 0 spiro atoms. The summed E-state index contributed by atoms with van der Waals surface area (Å²) < 4.78 is 5.24. The van der Waals surface area contributed by atoms with Crippen LogP contribution in [0.1, 0.15) is 12.8 Å². The minimum absolute atomic E-state index is 0.0973. The molecule has 1 atom stereocenters. The van der Waals surface area contributed by atoms with E-state index in [-0.39, 0.29) is 18.8 Å². The Morgan fingerprint density at radius 2 is 2.20 bits per heavy atom. The van der Waals surface area contributed by atoms with Crippen LogP contribution in [-0.2, 0) is 14.3 Å². The van der Waals surface area contributed by atoms with E-state index in [2.05, 4.69) is 13.2 Å². The van der Waals surface area contributed by atoms with E-state index in [1.165, 1.54) is 6.08 Å². The third-order valence-corrected chi connectivity index (χ3v) is 2.45. The second-order valence-corrected chi connectivity index (χ2v) is 3.37. The maximum absolute atomic E-state index is 11.5. The molecule has 0 aliphatic carbocycles. The van der Waals surface area contributed by atoms with Crippen molar-refractivity contribution >= 4 is 11.7 Å². The van der Waals surface area contributed by atoms with Crippen molar-refractivity contribution < 1.29 is 14.3 Å². The first-order chi connectivity index (χ1) is 7.08. The predicted octanol–water partition coefficient (Wildman–Crippen LogP) is 0.536. The first-order valence-corrected chi connectivity index (χ1v) is 4.63. The molecule has 1 aliphatic rings. The third-order valence-electron chi connectivity index (χ3n) is 2.45. The van der Waals surface area contributed by atoms with E-state index in [1.54, 1.807) is 6.08 Å². The highest BCUT2D eigenvalue weighted by Gasteiger charge is 2.53. The number of primary amides is 1. The molecular formula is C11H14NO3. The molecule has 4 heteroatoms. The van der Waals surface area contributed by atoms with Gasteiger partial charge in [-0.25, -0.2) is 0 Å². The van der Waals surface area contributed by atoms with Crippen LogP contribution in [0.25, 0.3) is 0 Å². The third kappa shape index (κ3) is 1.85. The molecule has 1 amide bonds. The molecule has 4 nitrogen and oxygen atoms in total. The number of rotatable bonds is 5. The van der Waals surface area contributed by atoms with Crippen molar-refractivity contribution in [3.05, 3.63) is 31.2 Å². The summed E-state index contributed by atoms with van der Waals surface area (Å²) in [5.41, 5.74) is 3.98. The number of amides is 1. The average Bonchev–Trinajstić information content (AvgIpc) is 2.48. The molecule has 81 valence electrons. The largest absolute Gasteiger partial charge is 0.367 e. The van der Waals surface area contributed by atoms with Crippen LogP contribution in [0.2, 0.25) is 0 Å². The van der Waals surface area contributed by atoms with Crippen LogP contribution in [-0.4, -0.2) is 23.9 Å². The molecule has 0 aromatic rings. The van der Waals surface area contributed by atoms with Gasteiger partial charge in [0.25, 0.3) is 5.91 Å². The quantitative estimate of drug-likeness (QED) is 0.670. The van der Waals surface area contributed by atoms with Crippen LogP contribution >= 0.6 is 0 Å².